The Morgan fingerprint density at radius 1 is 1.53 bits per heavy atom. The fourth-order valence-electron chi connectivity index (χ4n) is 1.94. The maximum Gasteiger partial charge on any atom is 0.131 e. The lowest BCUT2D eigenvalue weighted by Gasteiger charge is -2.13. The zero-order valence-electron chi connectivity index (χ0n) is 9.91. The summed E-state index contributed by atoms with van der Waals surface area (Å²) in [5.41, 5.74) is 2.32. The predicted molar refractivity (Wildman–Crippen MR) is 60.8 cm³/mol. The molecule has 1 aliphatic rings. The predicted octanol–water partition coefficient (Wildman–Crippen LogP) is 2.19. The van der Waals surface area contributed by atoms with E-state index in [1.807, 2.05) is 13.2 Å². The minimum absolute atomic E-state index is 0.329. The molecular weight excluding hydrogens is 186 g/mol. The largest absolute Gasteiger partial charge is 0.313 e. The molecule has 1 fully saturated rings. The summed E-state index contributed by atoms with van der Waals surface area (Å²) in [5.74, 6) is 2.42. The molecule has 0 radical (unpaired) electrons. The van der Waals surface area contributed by atoms with Crippen LogP contribution in [-0.4, -0.2) is 17.0 Å². The summed E-state index contributed by atoms with van der Waals surface area (Å²) in [4.78, 5) is 9.07. The third kappa shape index (κ3) is 2.02. The summed E-state index contributed by atoms with van der Waals surface area (Å²) in [6, 6.07) is 0.329. The highest BCUT2D eigenvalue weighted by Crippen LogP contribution is 2.45. The zero-order chi connectivity index (χ0) is 11.0. The molecule has 2 rings (SSSR count). The van der Waals surface area contributed by atoms with Gasteiger partial charge in [0.05, 0.1) is 0 Å². The molecule has 1 heterocycles. The monoisotopic (exact) mass is 205 g/mol. The average molecular weight is 205 g/mol. The molecule has 0 saturated heterocycles. The molecule has 82 valence electrons. The quantitative estimate of drug-likeness (QED) is 0.822. The second-order valence-corrected chi connectivity index (χ2v) is 4.60. The van der Waals surface area contributed by atoms with Crippen molar-refractivity contribution in [2.75, 3.05) is 7.05 Å². The summed E-state index contributed by atoms with van der Waals surface area (Å²) in [7, 11) is 1.96. The van der Waals surface area contributed by atoms with Crippen LogP contribution >= 0.6 is 0 Å². The molecule has 1 aromatic rings. The third-order valence-electron chi connectivity index (χ3n) is 3.38. The first-order valence-corrected chi connectivity index (χ1v) is 5.64. The fourth-order valence-corrected chi connectivity index (χ4v) is 1.94. The van der Waals surface area contributed by atoms with Crippen molar-refractivity contribution in [3.05, 3.63) is 23.3 Å². The second-order valence-electron chi connectivity index (χ2n) is 4.60. The molecule has 3 unspecified atom stereocenters. The molecule has 1 aromatic heterocycles. The van der Waals surface area contributed by atoms with Crippen LogP contribution in [0.5, 0.6) is 0 Å². The van der Waals surface area contributed by atoms with Gasteiger partial charge in [-0.25, -0.2) is 9.97 Å². The first-order valence-electron chi connectivity index (χ1n) is 5.64. The number of hydrogen-bond acceptors (Lipinski definition) is 3. The van der Waals surface area contributed by atoms with Gasteiger partial charge in [-0.15, -0.1) is 0 Å². The average Bonchev–Trinajstić information content (AvgIpc) is 2.94. The maximum atomic E-state index is 4.60. The minimum atomic E-state index is 0.329. The van der Waals surface area contributed by atoms with E-state index in [2.05, 4.69) is 36.1 Å². The van der Waals surface area contributed by atoms with Crippen molar-refractivity contribution in [2.45, 2.75) is 39.2 Å². The van der Waals surface area contributed by atoms with E-state index in [0.717, 1.165) is 17.4 Å². The van der Waals surface area contributed by atoms with Crippen molar-refractivity contribution in [3.8, 4) is 0 Å². The van der Waals surface area contributed by atoms with E-state index in [4.69, 9.17) is 0 Å². The molecule has 0 spiro atoms. The summed E-state index contributed by atoms with van der Waals surface area (Å²) in [6.45, 7) is 6.46. The molecule has 1 aliphatic carbocycles. The van der Waals surface area contributed by atoms with Crippen molar-refractivity contribution in [3.63, 3.8) is 0 Å². The van der Waals surface area contributed by atoms with Gasteiger partial charge in [-0.1, -0.05) is 6.92 Å². The maximum absolute atomic E-state index is 4.60. The summed E-state index contributed by atoms with van der Waals surface area (Å²) in [5, 5.41) is 3.22. The van der Waals surface area contributed by atoms with E-state index in [9.17, 15) is 0 Å². The van der Waals surface area contributed by atoms with Crippen LogP contribution in [0, 0.1) is 12.8 Å². The lowest BCUT2D eigenvalue weighted by Crippen LogP contribution is -2.15. The van der Waals surface area contributed by atoms with Gasteiger partial charge < -0.3 is 5.32 Å². The van der Waals surface area contributed by atoms with Gasteiger partial charge in [0.2, 0.25) is 0 Å². The van der Waals surface area contributed by atoms with E-state index < -0.39 is 0 Å². The highest BCUT2D eigenvalue weighted by molar-refractivity contribution is 5.22. The highest BCUT2D eigenvalue weighted by Gasteiger charge is 2.36. The van der Waals surface area contributed by atoms with Crippen LogP contribution in [0.3, 0.4) is 0 Å². The van der Waals surface area contributed by atoms with Gasteiger partial charge in [0, 0.05) is 29.4 Å². The van der Waals surface area contributed by atoms with Crippen LogP contribution in [-0.2, 0) is 0 Å². The molecule has 3 heteroatoms. The van der Waals surface area contributed by atoms with Crippen LogP contribution < -0.4 is 5.32 Å². The normalized spacial score (nSPS) is 26.4. The Bertz CT molecular complexity index is 362. The molecule has 0 aliphatic heterocycles. The van der Waals surface area contributed by atoms with Crippen LogP contribution in [0.1, 0.15) is 49.3 Å². The Kier molecular flexibility index (Phi) is 2.74. The summed E-state index contributed by atoms with van der Waals surface area (Å²) < 4.78 is 0. The number of hydrogen-bond donors (Lipinski definition) is 1. The minimum Gasteiger partial charge on any atom is -0.313 e. The Labute approximate surface area is 91.3 Å². The second kappa shape index (κ2) is 3.89. The number of rotatable bonds is 3. The number of aryl methyl sites for hydroxylation is 1. The highest BCUT2D eigenvalue weighted by atomic mass is 14.9. The van der Waals surface area contributed by atoms with Crippen LogP contribution in [0.4, 0.5) is 0 Å². The standard InChI is InChI=1S/C12H19N3/c1-7-5-10(7)12-14-6-11(8(2)13-4)9(3)15-12/h6-8,10,13H,5H2,1-4H3. The molecule has 0 bridgehead atoms. The van der Waals surface area contributed by atoms with Crippen LogP contribution in [0.15, 0.2) is 6.20 Å². The molecule has 0 amide bonds. The van der Waals surface area contributed by atoms with Gasteiger partial charge in [-0.05, 0) is 33.2 Å². The Morgan fingerprint density at radius 3 is 2.67 bits per heavy atom. The Hall–Kier alpha value is -0.960. The van der Waals surface area contributed by atoms with Crippen molar-refractivity contribution < 1.29 is 0 Å². The Balaban J connectivity index is 2.23. The van der Waals surface area contributed by atoms with Gasteiger partial charge in [0.25, 0.3) is 0 Å². The number of nitrogens with zero attached hydrogens (tertiary/aromatic N) is 2. The third-order valence-corrected chi connectivity index (χ3v) is 3.38. The van der Waals surface area contributed by atoms with Gasteiger partial charge >= 0.3 is 0 Å². The molecule has 1 N–H and O–H groups in total. The Morgan fingerprint density at radius 2 is 2.20 bits per heavy atom. The SMILES string of the molecule is CNC(C)c1cnc(C2CC2C)nc1C. The molecule has 15 heavy (non-hydrogen) atoms. The van der Waals surface area contributed by atoms with Gasteiger partial charge in [0.1, 0.15) is 5.82 Å². The van der Waals surface area contributed by atoms with Crippen molar-refractivity contribution in [1.29, 1.82) is 0 Å². The van der Waals surface area contributed by atoms with Crippen molar-refractivity contribution in [1.82, 2.24) is 15.3 Å². The van der Waals surface area contributed by atoms with Crippen LogP contribution in [0.25, 0.3) is 0 Å². The van der Waals surface area contributed by atoms with Crippen LogP contribution in [0.2, 0.25) is 0 Å². The zero-order valence-corrected chi connectivity index (χ0v) is 9.91. The van der Waals surface area contributed by atoms with Crippen molar-refractivity contribution >= 4 is 0 Å². The molecule has 1 saturated carbocycles. The van der Waals surface area contributed by atoms with E-state index in [1.54, 1.807) is 0 Å². The number of nitrogens with one attached hydrogen (secondary N) is 1. The molecule has 3 nitrogen and oxygen atoms in total. The topological polar surface area (TPSA) is 37.8 Å². The van der Waals surface area contributed by atoms with Gasteiger partial charge in [0.15, 0.2) is 0 Å². The van der Waals surface area contributed by atoms with E-state index in [-0.39, 0.29) is 0 Å². The van der Waals surface area contributed by atoms with E-state index in [0.29, 0.717) is 12.0 Å². The van der Waals surface area contributed by atoms with Crippen molar-refractivity contribution in [2.24, 2.45) is 5.92 Å². The lowest BCUT2D eigenvalue weighted by molar-refractivity contribution is 0.636. The summed E-state index contributed by atoms with van der Waals surface area (Å²) >= 11 is 0. The lowest BCUT2D eigenvalue weighted by atomic mass is 10.1. The molecule has 3 atom stereocenters. The molecule has 0 aromatic carbocycles. The number of aromatic nitrogens is 2. The first-order chi connectivity index (χ1) is 7.13. The summed E-state index contributed by atoms with van der Waals surface area (Å²) in [6.07, 6.45) is 3.23. The smallest absolute Gasteiger partial charge is 0.131 e. The molecular formula is C12H19N3. The van der Waals surface area contributed by atoms with E-state index >= 15 is 0 Å². The van der Waals surface area contributed by atoms with E-state index in [1.165, 1.54) is 12.0 Å². The van der Waals surface area contributed by atoms with Gasteiger partial charge in [-0.2, -0.15) is 0 Å². The fraction of sp³-hybridized carbons (Fsp3) is 0.667. The first kappa shape index (κ1) is 10.6. The van der Waals surface area contributed by atoms with Gasteiger partial charge in [-0.3, -0.25) is 0 Å².